The van der Waals surface area contributed by atoms with Gasteiger partial charge >= 0.3 is 0 Å². The lowest BCUT2D eigenvalue weighted by atomic mass is 9.75. The smallest absolute Gasteiger partial charge is 0.119 e. The fourth-order valence-electron chi connectivity index (χ4n) is 2.40. The van der Waals surface area contributed by atoms with Crippen molar-refractivity contribution in [2.75, 3.05) is 6.61 Å². The van der Waals surface area contributed by atoms with E-state index < -0.39 is 0 Å². The quantitative estimate of drug-likeness (QED) is 0.888. The first kappa shape index (κ1) is 14.6. The van der Waals surface area contributed by atoms with Gasteiger partial charge in [0.05, 0.1) is 6.61 Å². The van der Waals surface area contributed by atoms with Crippen LogP contribution in [0, 0.1) is 0 Å². The van der Waals surface area contributed by atoms with Crippen LogP contribution in [-0.4, -0.2) is 6.61 Å². The van der Waals surface area contributed by atoms with Gasteiger partial charge in [0, 0.05) is 11.5 Å². The molecule has 0 bridgehead atoms. The molecule has 0 aliphatic carbocycles. The molecule has 0 fully saturated rings. The summed E-state index contributed by atoms with van der Waals surface area (Å²) in [6.07, 6.45) is 0. The molecule has 0 aliphatic rings. The molecule has 0 radical (unpaired) electrons. The van der Waals surface area contributed by atoms with E-state index in [1.807, 2.05) is 25.1 Å². The molecule has 1 unspecified atom stereocenters. The van der Waals surface area contributed by atoms with Gasteiger partial charge in [-0.2, -0.15) is 0 Å². The normalized spacial score (nSPS) is 13.0. The maximum absolute atomic E-state index is 6.49. The number of hydrogen-bond donors (Lipinski definition) is 1. The Bertz CT molecular complexity index is 531. The van der Waals surface area contributed by atoms with Gasteiger partial charge in [-0.3, -0.25) is 0 Å². The summed E-state index contributed by atoms with van der Waals surface area (Å²) in [5, 5.41) is 0. The largest absolute Gasteiger partial charge is 0.494 e. The summed E-state index contributed by atoms with van der Waals surface area (Å²) >= 11 is 0. The first-order valence-corrected chi connectivity index (χ1v) is 7.09. The topological polar surface area (TPSA) is 35.2 Å². The second-order valence-electron chi connectivity index (χ2n) is 5.57. The number of nitrogens with two attached hydrogens (primary N) is 1. The molecular weight excluding hydrogens is 246 g/mol. The zero-order chi connectivity index (χ0) is 14.6. The Morgan fingerprint density at radius 1 is 1.00 bits per heavy atom. The summed E-state index contributed by atoms with van der Waals surface area (Å²) in [7, 11) is 0. The number of hydrogen-bond acceptors (Lipinski definition) is 2. The lowest BCUT2D eigenvalue weighted by Gasteiger charge is -2.32. The van der Waals surface area contributed by atoms with Crippen molar-refractivity contribution in [3.63, 3.8) is 0 Å². The Balaban J connectivity index is 2.23. The van der Waals surface area contributed by atoms with E-state index >= 15 is 0 Å². The highest BCUT2D eigenvalue weighted by atomic mass is 16.5. The van der Waals surface area contributed by atoms with Gasteiger partial charge in [-0.1, -0.05) is 56.3 Å². The lowest BCUT2D eigenvalue weighted by molar-refractivity contribution is 0.339. The van der Waals surface area contributed by atoms with Crippen molar-refractivity contribution < 1.29 is 4.74 Å². The minimum Gasteiger partial charge on any atom is -0.494 e. The van der Waals surface area contributed by atoms with Gasteiger partial charge in [0.1, 0.15) is 5.75 Å². The average Bonchev–Trinajstić information content (AvgIpc) is 2.48. The van der Waals surface area contributed by atoms with Crippen LogP contribution in [0.3, 0.4) is 0 Å². The van der Waals surface area contributed by atoms with E-state index in [0.29, 0.717) is 6.61 Å². The molecule has 0 aromatic heterocycles. The summed E-state index contributed by atoms with van der Waals surface area (Å²) in [5.74, 6) is 0.890. The SMILES string of the molecule is CCOc1ccc(C(N)C(C)(C)c2ccccc2)cc1. The monoisotopic (exact) mass is 269 g/mol. The molecule has 2 N–H and O–H groups in total. The van der Waals surface area contributed by atoms with Crippen molar-refractivity contribution in [1.29, 1.82) is 0 Å². The van der Waals surface area contributed by atoms with E-state index in [9.17, 15) is 0 Å². The average molecular weight is 269 g/mol. The van der Waals surface area contributed by atoms with E-state index in [2.05, 4.69) is 50.2 Å². The first-order chi connectivity index (χ1) is 9.55. The molecule has 106 valence electrons. The van der Waals surface area contributed by atoms with E-state index in [1.54, 1.807) is 0 Å². The molecular formula is C18H23NO. The minimum absolute atomic E-state index is 0.0550. The maximum Gasteiger partial charge on any atom is 0.119 e. The van der Waals surface area contributed by atoms with Crippen LogP contribution in [-0.2, 0) is 5.41 Å². The molecule has 2 heteroatoms. The molecule has 0 saturated heterocycles. The van der Waals surface area contributed by atoms with Crippen LogP contribution < -0.4 is 10.5 Å². The molecule has 0 amide bonds. The molecule has 2 aromatic rings. The fourth-order valence-corrected chi connectivity index (χ4v) is 2.40. The zero-order valence-electron chi connectivity index (χ0n) is 12.5. The predicted molar refractivity (Wildman–Crippen MR) is 84.0 cm³/mol. The van der Waals surface area contributed by atoms with Crippen LogP contribution >= 0.6 is 0 Å². The molecule has 20 heavy (non-hydrogen) atoms. The maximum atomic E-state index is 6.49. The van der Waals surface area contributed by atoms with Crippen LogP contribution in [0.25, 0.3) is 0 Å². The van der Waals surface area contributed by atoms with Gasteiger partial charge in [-0.05, 0) is 30.2 Å². The summed E-state index contributed by atoms with van der Waals surface area (Å²) in [4.78, 5) is 0. The molecule has 2 aromatic carbocycles. The fraction of sp³-hybridized carbons (Fsp3) is 0.333. The molecule has 0 spiro atoms. The van der Waals surface area contributed by atoms with Gasteiger partial charge < -0.3 is 10.5 Å². The third-order valence-electron chi connectivity index (χ3n) is 3.85. The van der Waals surface area contributed by atoms with Gasteiger partial charge in [-0.25, -0.2) is 0 Å². The summed E-state index contributed by atoms with van der Waals surface area (Å²) in [6, 6.07) is 18.4. The molecule has 0 heterocycles. The van der Waals surface area contributed by atoms with Crippen LogP contribution in [0.5, 0.6) is 5.75 Å². The molecule has 0 aliphatic heterocycles. The van der Waals surface area contributed by atoms with E-state index in [1.165, 1.54) is 5.56 Å². The molecule has 1 atom stereocenters. The summed E-state index contributed by atoms with van der Waals surface area (Å²) in [6.45, 7) is 7.03. The Labute approximate surface area is 121 Å². The standard InChI is InChI=1S/C18H23NO/c1-4-20-16-12-10-14(11-13-16)17(19)18(2,3)15-8-6-5-7-9-15/h5-13,17H,4,19H2,1-3H3. The molecule has 2 rings (SSSR count). The van der Waals surface area contributed by atoms with Gasteiger partial charge in [0.2, 0.25) is 0 Å². The highest BCUT2D eigenvalue weighted by Gasteiger charge is 2.29. The van der Waals surface area contributed by atoms with Crippen LogP contribution in [0.1, 0.15) is 37.9 Å². The second kappa shape index (κ2) is 6.10. The third kappa shape index (κ3) is 3.02. The van der Waals surface area contributed by atoms with Crippen molar-refractivity contribution in [3.8, 4) is 5.75 Å². The third-order valence-corrected chi connectivity index (χ3v) is 3.85. The minimum atomic E-state index is -0.117. The Hall–Kier alpha value is -1.80. The number of benzene rings is 2. The van der Waals surface area contributed by atoms with E-state index in [0.717, 1.165) is 11.3 Å². The van der Waals surface area contributed by atoms with Gasteiger partial charge in [-0.15, -0.1) is 0 Å². The van der Waals surface area contributed by atoms with Crippen molar-refractivity contribution in [3.05, 3.63) is 65.7 Å². The van der Waals surface area contributed by atoms with Crippen LogP contribution in [0.4, 0.5) is 0 Å². The van der Waals surface area contributed by atoms with Crippen molar-refractivity contribution >= 4 is 0 Å². The van der Waals surface area contributed by atoms with Crippen molar-refractivity contribution in [1.82, 2.24) is 0 Å². The van der Waals surface area contributed by atoms with Crippen molar-refractivity contribution in [2.24, 2.45) is 5.73 Å². The highest BCUT2D eigenvalue weighted by molar-refractivity contribution is 5.34. The molecule has 0 saturated carbocycles. The zero-order valence-corrected chi connectivity index (χ0v) is 12.5. The summed E-state index contributed by atoms with van der Waals surface area (Å²) < 4.78 is 5.47. The van der Waals surface area contributed by atoms with Gasteiger partial charge in [0.25, 0.3) is 0 Å². The number of rotatable bonds is 5. The Morgan fingerprint density at radius 3 is 2.15 bits per heavy atom. The van der Waals surface area contributed by atoms with Gasteiger partial charge in [0.15, 0.2) is 0 Å². The predicted octanol–water partition coefficient (Wildman–Crippen LogP) is 4.06. The second-order valence-corrected chi connectivity index (χ2v) is 5.57. The Kier molecular flexibility index (Phi) is 4.46. The first-order valence-electron chi connectivity index (χ1n) is 7.09. The van der Waals surface area contributed by atoms with Crippen LogP contribution in [0.2, 0.25) is 0 Å². The van der Waals surface area contributed by atoms with Crippen molar-refractivity contribution in [2.45, 2.75) is 32.2 Å². The molecule has 2 nitrogen and oxygen atoms in total. The number of ether oxygens (including phenoxy) is 1. The Morgan fingerprint density at radius 2 is 1.60 bits per heavy atom. The van der Waals surface area contributed by atoms with E-state index in [-0.39, 0.29) is 11.5 Å². The van der Waals surface area contributed by atoms with Crippen LogP contribution in [0.15, 0.2) is 54.6 Å². The lowest BCUT2D eigenvalue weighted by Crippen LogP contribution is -2.33. The highest BCUT2D eigenvalue weighted by Crippen LogP contribution is 2.35. The summed E-state index contributed by atoms with van der Waals surface area (Å²) in [5.41, 5.74) is 8.75. The van der Waals surface area contributed by atoms with E-state index in [4.69, 9.17) is 10.5 Å².